The molecule has 5 unspecified atom stereocenters. The Morgan fingerprint density at radius 1 is 0.411 bits per heavy atom. The van der Waals surface area contributed by atoms with E-state index in [9.17, 15) is 42.0 Å². The number of aliphatic hydroxyl groups excluding tert-OH is 3. The largest absolute Gasteiger partial charge is 0.459 e. The molecule has 27 nitrogen and oxygen atoms in total. The van der Waals surface area contributed by atoms with Crippen LogP contribution in [0.15, 0.2) is 182 Å². The van der Waals surface area contributed by atoms with Gasteiger partial charge in [0.1, 0.15) is 43.7 Å². The molecule has 0 aromatic heterocycles. The molecule has 0 saturated carbocycles. The number of hydrogen-bond acceptors (Lipinski definition) is 27. The fourth-order valence-electron chi connectivity index (χ4n) is 8.42. The summed E-state index contributed by atoms with van der Waals surface area (Å²) < 4.78 is 91.1. The molecule has 0 spiro atoms. The highest BCUT2D eigenvalue weighted by Gasteiger charge is 2.53. The Morgan fingerprint density at radius 3 is 0.956 bits per heavy atom. The molecule has 90 heavy (non-hydrogen) atoms. The average Bonchev–Trinajstić information content (AvgIpc) is 1.79. The van der Waals surface area contributed by atoms with Crippen LogP contribution in [0.3, 0.4) is 0 Å². The lowest BCUT2D eigenvalue weighted by atomic mass is 10.1. The first-order chi connectivity index (χ1) is 43.3. The third-order valence-corrected chi connectivity index (χ3v) is 13.5. The molecule has 0 bridgehead atoms. The van der Waals surface area contributed by atoms with Gasteiger partial charge in [-0.3, -0.25) is 4.79 Å². The predicted molar refractivity (Wildman–Crippen MR) is 309 cm³/mol. The molecule has 3 aliphatic rings. The predicted octanol–water partition coefficient (Wildman–Crippen LogP) is 4.93. The van der Waals surface area contributed by atoms with Crippen molar-refractivity contribution < 1.29 is 129 Å². The SMILES string of the molecule is CC(=O)O[C@H]1O[C@@H](COC(=O)c2ccccc2)C(OC(=O)c2ccccc2)[C@@H]1OC(=O)c1ccccc1.COC1O[C@@H](CO)C(O)[C@H]1O.COC1O[C@@H](COC(=O)c2ccccc2)C(OC(=O)c2ccccc2)[C@@H]1OC(=O)c1ccccc1.COS(=O)(=O)OO.[HH]. The van der Waals surface area contributed by atoms with Crippen LogP contribution in [0.2, 0.25) is 0 Å². The summed E-state index contributed by atoms with van der Waals surface area (Å²) in [5.74, 6) is -4.65. The summed E-state index contributed by atoms with van der Waals surface area (Å²) in [7, 11) is -0.496. The zero-order valence-electron chi connectivity index (χ0n) is 48.5. The normalized spacial score (nSPS) is 23.0. The number of methoxy groups -OCH3 is 2. The molecule has 0 amide bonds. The second-order valence-corrected chi connectivity index (χ2v) is 20.2. The summed E-state index contributed by atoms with van der Waals surface area (Å²) in [6, 6.07) is 49.8. The van der Waals surface area contributed by atoms with Crippen molar-refractivity contribution in [2.45, 2.75) is 80.7 Å². The molecule has 4 N–H and O–H groups in total. The molecular formula is C62H66O27S. The second-order valence-electron chi connectivity index (χ2n) is 18.9. The van der Waals surface area contributed by atoms with Gasteiger partial charge in [-0.2, -0.15) is 8.42 Å². The Kier molecular flexibility index (Phi) is 27.6. The summed E-state index contributed by atoms with van der Waals surface area (Å²) in [6.45, 7) is 0.225. The average molecular weight is 1280 g/mol. The summed E-state index contributed by atoms with van der Waals surface area (Å²) in [5, 5.41) is 34.3. The van der Waals surface area contributed by atoms with E-state index in [4.69, 9.17) is 72.7 Å². The van der Waals surface area contributed by atoms with Gasteiger partial charge < -0.3 is 72.2 Å². The minimum Gasteiger partial charge on any atom is -0.459 e. The van der Waals surface area contributed by atoms with Crippen molar-refractivity contribution >= 4 is 52.2 Å². The highest BCUT2D eigenvalue weighted by Crippen LogP contribution is 2.32. The van der Waals surface area contributed by atoms with Gasteiger partial charge >= 0.3 is 52.2 Å². The third-order valence-electron chi connectivity index (χ3n) is 12.9. The van der Waals surface area contributed by atoms with Crippen LogP contribution < -0.4 is 0 Å². The number of benzene rings is 6. The first-order valence-corrected chi connectivity index (χ1v) is 28.4. The summed E-state index contributed by atoms with van der Waals surface area (Å²) in [4.78, 5) is 88.1. The van der Waals surface area contributed by atoms with Gasteiger partial charge in [-0.25, -0.2) is 38.2 Å². The van der Waals surface area contributed by atoms with Crippen molar-refractivity contribution in [3.8, 4) is 0 Å². The Bertz CT molecular complexity index is 3310. The van der Waals surface area contributed by atoms with Crippen molar-refractivity contribution in [3.63, 3.8) is 0 Å². The van der Waals surface area contributed by atoms with E-state index in [-0.39, 0.29) is 32.4 Å². The van der Waals surface area contributed by atoms with Gasteiger partial charge in [0.05, 0.1) is 47.1 Å². The molecule has 9 rings (SSSR count). The Labute approximate surface area is 517 Å². The molecule has 6 aromatic carbocycles. The van der Waals surface area contributed by atoms with Gasteiger partial charge in [0.15, 0.2) is 30.9 Å². The molecule has 3 fully saturated rings. The van der Waals surface area contributed by atoms with Gasteiger partial charge in [0, 0.05) is 22.6 Å². The molecule has 12 atom stereocenters. The number of rotatable bonds is 20. The van der Waals surface area contributed by atoms with Gasteiger partial charge in [0.2, 0.25) is 12.4 Å². The lowest BCUT2D eigenvalue weighted by molar-refractivity contribution is -0.188. The summed E-state index contributed by atoms with van der Waals surface area (Å²) in [5.41, 5.74) is 1.76. The molecule has 3 aliphatic heterocycles. The number of carbonyl (C=O) groups excluding carboxylic acids is 7. The number of esters is 7. The number of carbonyl (C=O) groups is 7. The fourth-order valence-corrected chi connectivity index (χ4v) is 8.48. The van der Waals surface area contributed by atoms with Crippen LogP contribution in [0.25, 0.3) is 0 Å². The van der Waals surface area contributed by atoms with E-state index in [1.165, 1.54) is 14.2 Å². The van der Waals surface area contributed by atoms with Crippen molar-refractivity contribution in [3.05, 3.63) is 215 Å². The minimum absolute atomic E-state index is 0. The maximum atomic E-state index is 12.9. The van der Waals surface area contributed by atoms with Crippen LogP contribution in [0, 0.1) is 0 Å². The number of aliphatic hydroxyl groups is 3. The van der Waals surface area contributed by atoms with Gasteiger partial charge in [-0.05, 0) is 72.8 Å². The summed E-state index contributed by atoms with van der Waals surface area (Å²) >= 11 is 0. The highest BCUT2D eigenvalue weighted by molar-refractivity contribution is 7.81. The van der Waals surface area contributed by atoms with E-state index in [1.54, 1.807) is 182 Å². The highest BCUT2D eigenvalue weighted by atomic mass is 32.3. The van der Waals surface area contributed by atoms with E-state index >= 15 is 0 Å². The maximum Gasteiger partial charge on any atom is 0.426 e. The molecule has 482 valence electrons. The lowest BCUT2D eigenvalue weighted by Crippen LogP contribution is -2.42. The summed E-state index contributed by atoms with van der Waals surface area (Å²) in [6.07, 6.45) is -13.0. The Morgan fingerprint density at radius 2 is 0.700 bits per heavy atom. The first kappa shape index (κ1) is 70.2. The van der Waals surface area contributed by atoms with Crippen molar-refractivity contribution in [2.24, 2.45) is 0 Å². The zero-order chi connectivity index (χ0) is 65.2. The minimum atomic E-state index is -4.10. The van der Waals surface area contributed by atoms with Gasteiger partial charge in [0.25, 0.3) is 0 Å². The van der Waals surface area contributed by atoms with Crippen molar-refractivity contribution in [2.75, 3.05) is 41.2 Å². The van der Waals surface area contributed by atoms with Crippen LogP contribution in [-0.2, 0) is 80.6 Å². The molecule has 0 aliphatic carbocycles. The molecule has 3 saturated heterocycles. The zero-order valence-corrected chi connectivity index (χ0v) is 49.3. The van der Waals surface area contributed by atoms with Crippen LogP contribution >= 0.6 is 0 Å². The van der Waals surface area contributed by atoms with Crippen LogP contribution in [0.1, 0.15) is 70.5 Å². The monoisotopic (exact) mass is 1270 g/mol. The maximum absolute atomic E-state index is 12.9. The molecule has 6 aromatic rings. The first-order valence-electron chi connectivity index (χ1n) is 27.1. The van der Waals surface area contributed by atoms with E-state index in [2.05, 4.69) is 13.3 Å². The van der Waals surface area contributed by atoms with Crippen molar-refractivity contribution in [1.82, 2.24) is 0 Å². The molecule has 0 radical (unpaired) electrons. The smallest absolute Gasteiger partial charge is 0.426 e. The van der Waals surface area contributed by atoms with E-state index < -0.39 is 126 Å². The van der Waals surface area contributed by atoms with Gasteiger partial charge in [-0.15, -0.1) is 0 Å². The Hall–Kier alpha value is -8.88. The lowest BCUT2D eigenvalue weighted by Gasteiger charge is -2.24. The standard InChI is InChI=1S/C28H24O9.C27H24O8.C6H12O5.CH4O5S.H2/c1-18(29)34-28-24(37-27(32)21-15-9-4-10-16-21)23(36-26(31)20-13-7-3-8-14-20)22(35-28)17-33-25(30)19-11-5-2-6-12-19;1-31-27-23(35-26(30)20-15-9-4-10-16-20)22(34-25(29)19-13-7-3-8-14-19)21(33-27)17-32-24(28)18-11-5-2-6-12-18;1-10-6-5(9)4(8)3(2-7)11-6;1-5-7(3,4)6-2;/h2-16,22-24,28H,17H2,1H3;2-16,21-23,27H,17H2,1H3;3-9H,2H2,1H3;2H,1H3;1H/t22-,23?,24-,28-;21-,22?,23-,27?;3-,4?,5+,6?;;/m000../s1. The van der Waals surface area contributed by atoms with E-state index in [0.717, 1.165) is 14.0 Å². The topological polar surface area (TPSA) is 364 Å². The third kappa shape index (κ3) is 20.6. The van der Waals surface area contributed by atoms with Gasteiger partial charge in [-0.1, -0.05) is 114 Å². The molecular weight excluding hydrogens is 1210 g/mol. The quantitative estimate of drug-likeness (QED) is 0.0340. The van der Waals surface area contributed by atoms with E-state index in [1.807, 2.05) is 0 Å². The number of hydrogen-bond donors (Lipinski definition) is 4. The van der Waals surface area contributed by atoms with Crippen LogP contribution in [0.5, 0.6) is 0 Å². The van der Waals surface area contributed by atoms with Crippen LogP contribution in [0.4, 0.5) is 0 Å². The Balaban J connectivity index is 0.000000258. The fraction of sp³-hybridized carbons (Fsp3) is 0.306. The molecule has 28 heteroatoms. The molecule has 3 heterocycles. The van der Waals surface area contributed by atoms with Crippen LogP contribution in [-0.4, -0.2) is 186 Å². The second kappa shape index (κ2) is 35.3. The van der Waals surface area contributed by atoms with Crippen molar-refractivity contribution in [1.29, 1.82) is 0 Å². The number of ether oxygens (including phenoxy) is 12. The van der Waals surface area contributed by atoms with E-state index in [0.29, 0.717) is 22.3 Å².